The Morgan fingerprint density at radius 1 is 1.11 bits per heavy atom. The highest BCUT2D eigenvalue weighted by Crippen LogP contribution is 2.38. The summed E-state index contributed by atoms with van der Waals surface area (Å²) in [5, 5.41) is 1.04. The summed E-state index contributed by atoms with van der Waals surface area (Å²) in [5.41, 5.74) is 2.39. The van der Waals surface area contributed by atoms with E-state index in [1.54, 1.807) is 19.1 Å². The predicted octanol–water partition coefficient (Wildman–Crippen LogP) is 6.69. The van der Waals surface area contributed by atoms with Gasteiger partial charge in [-0.1, -0.05) is 51.3 Å². The number of hydrogen-bond donors (Lipinski definition) is 0. The van der Waals surface area contributed by atoms with E-state index in [9.17, 15) is 4.39 Å². The number of hydrogen-bond acceptors (Lipinski definition) is 0. The molecule has 2 aromatic rings. The minimum Gasteiger partial charge on any atom is -0.207 e. The van der Waals surface area contributed by atoms with Crippen LogP contribution in [0.5, 0.6) is 0 Å². The normalized spacial score (nSPS) is 12.5. The van der Waals surface area contributed by atoms with Gasteiger partial charge >= 0.3 is 0 Å². The maximum absolute atomic E-state index is 13.4. The molecule has 0 aliphatic heterocycles. The Balaban J connectivity index is 2.46. The van der Waals surface area contributed by atoms with Crippen LogP contribution < -0.4 is 0 Å². The summed E-state index contributed by atoms with van der Waals surface area (Å²) in [6.07, 6.45) is 0. The fourth-order valence-corrected chi connectivity index (χ4v) is 3.29. The van der Waals surface area contributed by atoms with Gasteiger partial charge in [-0.3, -0.25) is 0 Å². The monoisotopic (exact) mass is 424 g/mol. The third-order valence-corrected chi connectivity index (χ3v) is 5.35. The van der Waals surface area contributed by atoms with Crippen molar-refractivity contribution in [3.05, 3.63) is 67.4 Å². The molecule has 19 heavy (non-hydrogen) atoms. The van der Waals surface area contributed by atoms with E-state index in [-0.39, 0.29) is 10.6 Å². The number of benzene rings is 2. The van der Waals surface area contributed by atoms with Crippen LogP contribution in [0.3, 0.4) is 0 Å². The van der Waals surface area contributed by atoms with Crippen molar-refractivity contribution in [2.75, 3.05) is 0 Å². The van der Waals surface area contributed by atoms with Crippen molar-refractivity contribution in [2.45, 2.75) is 11.8 Å². The van der Waals surface area contributed by atoms with Gasteiger partial charge in [-0.05, 0) is 57.7 Å². The average molecular weight is 427 g/mol. The van der Waals surface area contributed by atoms with Gasteiger partial charge in [0.2, 0.25) is 0 Å². The maximum Gasteiger partial charge on any atom is 0.127 e. The van der Waals surface area contributed by atoms with E-state index in [0.717, 1.165) is 15.6 Å². The fraction of sp³-hybridized carbons (Fsp3) is 0.143. The van der Waals surface area contributed by atoms with Crippen LogP contribution in [0.1, 0.15) is 21.5 Å². The van der Waals surface area contributed by atoms with E-state index in [1.165, 1.54) is 6.07 Å². The van der Waals surface area contributed by atoms with Crippen molar-refractivity contribution in [1.29, 1.82) is 0 Å². The van der Waals surface area contributed by atoms with Crippen molar-refractivity contribution in [3.8, 4) is 0 Å². The van der Waals surface area contributed by atoms with Gasteiger partial charge in [0.1, 0.15) is 5.82 Å². The van der Waals surface area contributed by atoms with Crippen LogP contribution >= 0.6 is 55.1 Å². The van der Waals surface area contributed by atoms with Crippen molar-refractivity contribution in [1.82, 2.24) is 0 Å². The Hall–Kier alpha value is -0.0900. The van der Waals surface area contributed by atoms with Gasteiger partial charge in [0.05, 0.1) is 9.85 Å². The Labute approximate surface area is 138 Å². The molecule has 0 saturated carbocycles. The second-order valence-corrected chi connectivity index (χ2v) is 6.74. The SMILES string of the molecule is Cc1cc(C(Br)c2ccc(Cl)c(Br)c2)c(Cl)cc1F. The first-order valence-corrected chi connectivity index (χ1v) is 7.91. The van der Waals surface area contributed by atoms with E-state index < -0.39 is 0 Å². The first-order valence-electron chi connectivity index (χ1n) is 5.44. The van der Waals surface area contributed by atoms with Crippen LogP contribution in [0.2, 0.25) is 10.0 Å². The van der Waals surface area contributed by atoms with Gasteiger partial charge in [-0.2, -0.15) is 0 Å². The molecule has 0 aliphatic rings. The summed E-state index contributed by atoms with van der Waals surface area (Å²) in [5.74, 6) is -0.300. The molecule has 100 valence electrons. The van der Waals surface area contributed by atoms with Crippen molar-refractivity contribution in [3.63, 3.8) is 0 Å². The van der Waals surface area contributed by atoms with E-state index in [4.69, 9.17) is 23.2 Å². The number of halogens is 5. The molecule has 0 amide bonds. The average Bonchev–Trinajstić information content (AvgIpc) is 2.36. The van der Waals surface area contributed by atoms with Crippen LogP contribution in [0.25, 0.3) is 0 Å². The molecule has 0 N–H and O–H groups in total. The van der Waals surface area contributed by atoms with E-state index >= 15 is 0 Å². The Morgan fingerprint density at radius 3 is 2.42 bits per heavy atom. The molecule has 5 heteroatoms. The first-order chi connectivity index (χ1) is 8.90. The zero-order valence-electron chi connectivity index (χ0n) is 9.85. The summed E-state index contributed by atoms with van der Waals surface area (Å²) in [4.78, 5) is -0.118. The lowest BCUT2D eigenvalue weighted by Crippen LogP contribution is -1.96. The molecule has 0 saturated heterocycles. The van der Waals surface area contributed by atoms with Crippen LogP contribution in [-0.4, -0.2) is 0 Å². The van der Waals surface area contributed by atoms with Gasteiger partial charge in [-0.25, -0.2) is 4.39 Å². The summed E-state index contributed by atoms with van der Waals surface area (Å²) in [6.45, 7) is 1.71. The van der Waals surface area contributed by atoms with E-state index in [2.05, 4.69) is 31.9 Å². The summed E-state index contributed by atoms with van der Waals surface area (Å²) < 4.78 is 14.2. The molecule has 2 rings (SSSR count). The third kappa shape index (κ3) is 3.33. The maximum atomic E-state index is 13.4. The largest absolute Gasteiger partial charge is 0.207 e. The highest BCUT2D eigenvalue weighted by Gasteiger charge is 2.16. The zero-order chi connectivity index (χ0) is 14.2. The third-order valence-electron chi connectivity index (χ3n) is 2.79. The molecule has 0 radical (unpaired) electrons. The van der Waals surface area contributed by atoms with Gasteiger partial charge in [-0.15, -0.1) is 0 Å². The molecule has 0 heterocycles. The van der Waals surface area contributed by atoms with Gasteiger partial charge in [0.25, 0.3) is 0 Å². The molecule has 0 spiro atoms. The summed E-state index contributed by atoms with van der Waals surface area (Å²) >= 11 is 19.1. The molecule has 0 fully saturated rings. The van der Waals surface area contributed by atoms with Crippen LogP contribution in [0.15, 0.2) is 34.8 Å². The second kappa shape index (κ2) is 6.13. The molecule has 0 aliphatic carbocycles. The van der Waals surface area contributed by atoms with Crippen molar-refractivity contribution >= 4 is 55.1 Å². The molecule has 1 atom stereocenters. The van der Waals surface area contributed by atoms with Gasteiger partial charge in [0.15, 0.2) is 0 Å². The lowest BCUT2D eigenvalue weighted by atomic mass is 10.0. The van der Waals surface area contributed by atoms with Crippen LogP contribution in [0.4, 0.5) is 4.39 Å². The molecule has 0 bridgehead atoms. The standard InChI is InChI=1S/C14H9Br2Cl2F/c1-7-4-9(12(18)6-13(7)19)14(16)8-2-3-11(17)10(15)5-8/h2-6,14H,1H3. The Bertz CT molecular complexity index is 629. The molecular formula is C14H9Br2Cl2F. The van der Waals surface area contributed by atoms with Crippen molar-refractivity contribution < 1.29 is 4.39 Å². The summed E-state index contributed by atoms with van der Waals surface area (Å²) in [6, 6.07) is 8.71. The molecule has 1 unspecified atom stereocenters. The minimum atomic E-state index is -0.300. The lowest BCUT2D eigenvalue weighted by molar-refractivity contribution is 0.618. The second-order valence-electron chi connectivity index (χ2n) is 4.16. The molecule has 0 aromatic heterocycles. The molecule has 2 aromatic carbocycles. The van der Waals surface area contributed by atoms with Gasteiger partial charge in [0, 0.05) is 9.50 Å². The fourth-order valence-electron chi connectivity index (χ4n) is 1.72. The molecule has 0 nitrogen and oxygen atoms in total. The predicted molar refractivity (Wildman–Crippen MR) is 86.1 cm³/mol. The smallest absolute Gasteiger partial charge is 0.127 e. The number of alkyl halides is 1. The summed E-state index contributed by atoms with van der Waals surface area (Å²) in [7, 11) is 0. The minimum absolute atomic E-state index is 0.118. The highest BCUT2D eigenvalue weighted by atomic mass is 79.9. The highest BCUT2D eigenvalue weighted by molar-refractivity contribution is 9.10. The van der Waals surface area contributed by atoms with Crippen molar-refractivity contribution in [2.24, 2.45) is 0 Å². The lowest BCUT2D eigenvalue weighted by Gasteiger charge is -2.14. The topological polar surface area (TPSA) is 0 Å². The molecular weight excluding hydrogens is 418 g/mol. The van der Waals surface area contributed by atoms with Crippen LogP contribution in [0, 0.1) is 12.7 Å². The Morgan fingerprint density at radius 2 is 1.79 bits per heavy atom. The quantitative estimate of drug-likeness (QED) is 0.469. The van der Waals surface area contributed by atoms with E-state index in [0.29, 0.717) is 15.6 Å². The van der Waals surface area contributed by atoms with Crippen LogP contribution in [-0.2, 0) is 0 Å². The van der Waals surface area contributed by atoms with Gasteiger partial charge < -0.3 is 0 Å². The first kappa shape index (κ1) is 15.3. The number of rotatable bonds is 2. The zero-order valence-corrected chi connectivity index (χ0v) is 14.5. The Kier molecular flexibility index (Phi) is 4.93. The number of aryl methyl sites for hydroxylation is 1. The van der Waals surface area contributed by atoms with E-state index in [1.807, 2.05) is 12.1 Å².